The molecule has 0 amide bonds. The largest absolute Gasteiger partial charge is 0.512 e. The molecule has 20 rings (SSSR count). The van der Waals surface area contributed by atoms with Crippen molar-refractivity contribution < 1.29 is 201 Å². The standard InChI is InChI=1S/C17H12N.C16H11N2.C12H7F3N.2C12H10N.C12H10O.3C11H8N.2C5H8O2.6Ir.2Pt/c1-2-7-14(8-3-1)15-9-6-10-16(13-15)17-11-4-5-12-18-17;1-3-10-17-15(8-1)13-6-5-7-14(12-13)16-9-2-4-11-18-16;13-12(14,15)10-6-4-9(5-7-10)11-3-1-2-8-16-11;1-10-5-4-6-11(9-10)12-7-2-3-8-13-12;1-10-5-7-11(8-6-10)12-4-2-3-9-13-12;13-12-9-5-4-8-11(12)10-6-2-1-3-7-10;3*1-2-6-10(7-3-1)11-8-4-5-9-12-11;2*1-4(6)3-5(2)7;;;;;;;;/h1-9,11-13H;1-11H;1-4,6-8H;2-5,7-9H,1H3;2-7,9H,1H3;1-9,13H;3*1-6,8-9H;2*3,6H,1-2H3;;;;;;;;/q5*-1;;3*-1;;;;;;;;;;. The van der Waals surface area contributed by atoms with Crippen LogP contribution in [0.1, 0.15) is 44.4 Å². The van der Waals surface area contributed by atoms with Crippen LogP contribution in [0.25, 0.3) is 124 Å². The molecule has 25 heteroatoms. The molecule has 0 atom stereocenters. The fourth-order valence-electron chi connectivity index (χ4n) is 12.6. The number of ketones is 2. The average Bonchev–Trinajstić information content (AvgIpc) is 0.840. The minimum atomic E-state index is -4.32. The zero-order valence-electron chi connectivity index (χ0n) is 81.1. The zero-order valence-corrected chi connectivity index (χ0v) is 100.0. The number of alkyl halides is 3. The maximum atomic E-state index is 12.3. The number of nitrogens with zero attached hydrogens (tertiary/aromatic N) is 9. The summed E-state index contributed by atoms with van der Waals surface area (Å²) in [5, 5.41) is 26.3. The van der Waals surface area contributed by atoms with Crippen LogP contribution in [-0.4, -0.2) is 71.7 Å². The molecule has 0 saturated carbocycles. The van der Waals surface area contributed by atoms with E-state index in [0.717, 1.165) is 113 Å². The van der Waals surface area contributed by atoms with Crippen LogP contribution in [0.5, 0.6) is 5.75 Å². The normalized spacial score (nSPS) is 9.70. The van der Waals surface area contributed by atoms with Crippen molar-refractivity contribution in [3.63, 3.8) is 0 Å². The van der Waals surface area contributed by atoms with Crippen LogP contribution in [0.2, 0.25) is 0 Å². The molecule has 6 radical (unpaired) electrons. The molecule has 0 bridgehead atoms. The van der Waals surface area contributed by atoms with E-state index in [1.54, 1.807) is 80.0 Å². The van der Waals surface area contributed by atoms with E-state index in [2.05, 4.69) is 144 Å². The summed E-state index contributed by atoms with van der Waals surface area (Å²) in [6.45, 7) is 9.82. The van der Waals surface area contributed by atoms with Crippen molar-refractivity contribution in [2.45, 2.75) is 47.7 Å². The number of para-hydroxylation sites is 1. The SMILES string of the molecule is CC(=O)C=C(C)O.CC(=O)C=C(C)O.Cc1c[c-]c(-c2ccccn2)cc1.Cc1cc[c-]c(-c2ccccn2)c1.FC(F)(F)c1c[c-]c(-c2ccccn2)cc1.Oc1ccccc1-c1ccccc1.[Ir].[Ir].[Ir].[Ir].[Ir].[Ir].[Pt].[Pt].[c-]1c(-c2ccccn2)cccc1-c1ccccn1.[c-]1ccc(-c2ccccc2)cc1-c1ccccn1.[c-]1ccccc1-c1ccccn1.[c-]1ccccc1-c1ccccn1.[c-]1ccccc1-c1ccccn1. The number of aromatic nitrogens is 9. The molecule has 0 unspecified atom stereocenters. The van der Waals surface area contributed by atoms with Gasteiger partial charge in [0.1, 0.15) is 5.75 Å². The van der Waals surface area contributed by atoms with Crippen molar-refractivity contribution >= 4 is 11.6 Å². The van der Waals surface area contributed by atoms with Gasteiger partial charge in [0, 0.05) is 248 Å². The fourth-order valence-corrected chi connectivity index (χ4v) is 12.6. The van der Waals surface area contributed by atoms with Gasteiger partial charge in [-0.25, -0.2) is 0 Å². The first-order valence-corrected chi connectivity index (χ1v) is 44.6. The second-order valence-corrected chi connectivity index (χ2v) is 30.3. The number of halogens is 3. The predicted octanol–water partition coefficient (Wildman–Crippen LogP) is 29.9. The van der Waals surface area contributed by atoms with Crippen molar-refractivity contribution in [2.24, 2.45) is 0 Å². The van der Waals surface area contributed by atoms with Crippen LogP contribution in [-0.2, 0) is 179 Å². The number of benzene rings is 11. The van der Waals surface area contributed by atoms with Gasteiger partial charge in [0.2, 0.25) is 0 Å². The van der Waals surface area contributed by atoms with Crippen molar-refractivity contribution in [2.75, 3.05) is 0 Å². The Morgan fingerprint density at radius 2 is 0.544 bits per heavy atom. The summed E-state index contributed by atoms with van der Waals surface area (Å²) in [5.41, 5.74) is 23.1. The molecule has 11 aromatic carbocycles. The second-order valence-electron chi connectivity index (χ2n) is 30.3. The quantitative estimate of drug-likeness (QED) is 0.0557. The summed E-state index contributed by atoms with van der Waals surface area (Å²) >= 11 is 0. The number of phenolic OH excluding ortho intramolecular Hbond substituents is 1. The third kappa shape index (κ3) is 50.3. The number of aliphatic hydroxyl groups excluding tert-OH is 2. The molecule has 0 aliphatic rings. The monoisotopic (exact) mass is 3400 g/mol. The summed E-state index contributed by atoms with van der Waals surface area (Å²) in [6, 6.07) is 156. The van der Waals surface area contributed by atoms with Crippen LogP contribution in [0.15, 0.2) is 492 Å². The smallest absolute Gasteiger partial charge is 0.381 e. The van der Waals surface area contributed by atoms with Crippen LogP contribution in [0.4, 0.5) is 13.2 Å². The minimum absolute atomic E-state index is 0. The Hall–Kier alpha value is -12.9. The van der Waals surface area contributed by atoms with Gasteiger partial charge in [0.25, 0.3) is 0 Å². The number of aryl methyl sites for hydroxylation is 2. The molecule has 9 heterocycles. The number of phenols is 1. The molecule has 14 nitrogen and oxygen atoms in total. The van der Waals surface area contributed by atoms with Crippen molar-refractivity contribution in [3.8, 4) is 129 Å². The molecule has 0 spiro atoms. The number of pyridine rings is 9. The minimum Gasteiger partial charge on any atom is -0.512 e. The number of carbonyl (C=O) groups excluding carboxylic acids is 2. The van der Waals surface area contributed by atoms with Gasteiger partial charge in [-0.1, -0.05) is 213 Å². The van der Waals surface area contributed by atoms with E-state index in [1.807, 2.05) is 334 Å². The number of aromatic hydroxyl groups is 1. The maximum Gasteiger partial charge on any atom is 0.381 e. The molecule has 0 fully saturated rings. The van der Waals surface area contributed by atoms with Crippen molar-refractivity contribution in [1.82, 2.24) is 44.9 Å². The van der Waals surface area contributed by atoms with E-state index in [4.69, 9.17) is 10.2 Å². The van der Waals surface area contributed by atoms with Gasteiger partial charge in [0.15, 0.2) is 11.6 Å². The number of rotatable bonds is 13. The molecule has 9 aromatic heterocycles. The summed E-state index contributed by atoms with van der Waals surface area (Å²) in [5.74, 6) is 0.203. The van der Waals surface area contributed by atoms with Crippen LogP contribution in [0.3, 0.4) is 0 Å². The van der Waals surface area contributed by atoms with Crippen molar-refractivity contribution in [3.05, 3.63) is 557 Å². The molecule has 0 aliphatic heterocycles. The average molecular weight is 3400 g/mol. The number of hydrogen-bond acceptors (Lipinski definition) is 14. The predicted molar refractivity (Wildman–Crippen MR) is 559 cm³/mol. The molecule has 0 aliphatic carbocycles. The third-order valence-electron chi connectivity index (χ3n) is 19.2. The van der Waals surface area contributed by atoms with Crippen LogP contribution in [0, 0.1) is 62.4 Å². The summed E-state index contributed by atoms with van der Waals surface area (Å²) in [4.78, 5) is 58.2. The third-order valence-corrected chi connectivity index (χ3v) is 19.2. The van der Waals surface area contributed by atoms with E-state index in [0.29, 0.717) is 17.0 Å². The van der Waals surface area contributed by atoms with E-state index < -0.39 is 11.7 Å². The Labute approximate surface area is 981 Å². The zero-order chi connectivity index (χ0) is 99.7. The Morgan fingerprint density at radius 1 is 0.262 bits per heavy atom. The first kappa shape index (κ1) is 132. The Kier molecular flexibility index (Phi) is 67.1. The number of hydrogen-bond donors (Lipinski definition) is 3. The number of allylic oxidation sites excluding steroid dienone is 4. The number of aliphatic hydroxyl groups is 2. The maximum absolute atomic E-state index is 12.3. The van der Waals surface area contributed by atoms with Gasteiger partial charge < -0.3 is 50.2 Å². The van der Waals surface area contributed by atoms with Gasteiger partial charge in [-0.05, 0) is 145 Å². The molecule has 3 N–H and O–H groups in total. The summed E-state index contributed by atoms with van der Waals surface area (Å²) in [6.07, 6.45) is 13.9. The molecule has 774 valence electrons. The van der Waals surface area contributed by atoms with Gasteiger partial charge in [-0.3, -0.25) is 19.6 Å². The fraction of sp³-hybridized carbons (Fsp3) is 0.0565. The molecule has 20 aromatic rings. The first-order valence-electron chi connectivity index (χ1n) is 44.6. The van der Waals surface area contributed by atoms with Gasteiger partial charge in [0.05, 0.1) is 11.5 Å². The van der Waals surface area contributed by atoms with Gasteiger partial charge >= 0.3 is 6.18 Å². The molecule has 0 saturated heterocycles. The van der Waals surface area contributed by atoms with Crippen LogP contribution < -0.4 is 0 Å². The summed E-state index contributed by atoms with van der Waals surface area (Å²) < 4.78 is 36.9. The van der Waals surface area contributed by atoms with Gasteiger partial charge in [-0.2, -0.15) is 13.2 Å². The Balaban J connectivity index is 0.000000556. The molecular weight excluding hydrogens is 3300 g/mol. The molecule has 149 heavy (non-hydrogen) atoms. The van der Waals surface area contributed by atoms with E-state index >= 15 is 0 Å². The van der Waals surface area contributed by atoms with E-state index in [1.165, 1.54) is 68.2 Å². The topological polar surface area (TPSA) is 211 Å². The van der Waals surface area contributed by atoms with Gasteiger partial charge in [-0.15, -0.1) is 268 Å². The number of carbonyl (C=O) groups is 2. The van der Waals surface area contributed by atoms with E-state index in [-0.39, 0.29) is 186 Å². The molecular formula is C124H100F3Ir6N9O5Pt2-8. The second kappa shape index (κ2) is 75.7. The van der Waals surface area contributed by atoms with E-state index in [9.17, 15) is 27.9 Å². The van der Waals surface area contributed by atoms with Crippen molar-refractivity contribution in [1.29, 1.82) is 0 Å². The first-order chi connectivity index (χ1) is 68.7. The Morgan fingerprint density at radius 3 is 0.826 bits per heavy atom. The summed E-state index contributed by atoms with van der Waals surface area (Å²) in [7, 11) is 0. The Bertz CT molecular complexity index is 6500. The van der Waals surface area contributed by atoms with Crippen LogP contribution >= 0.6 is 0 Å².